The molecule has 2 aromatic heterocycles. The number of esters is 2. The highest BCUT2D eigenvalue weighted by atomic mass is 80.0. The largest absolute Gasteiger partial charge is 0.503 e. The summed E-state index contributed by atoms with van der Waals surface area (Å²) in [6.07, 6.45) is 0. The predicted molar refractivity (Wildman–Crippen MR) is 69.4 cm³/mol. The molecule has 0 aromatic carbocycles. The lowest BCUT2D eigenvalue weighted by molar-refractivity contribution is -1.62. The molecule has 11 heteroatoms. The summed E-state index contributed by atoms with van der Waals surface area (Å²) in [6, 6.07) is 2.36. The van der Waals surface area contributed by atoms with E-state index < -0.39 is 38.3 Å². The molecule has 0 spiro atoms. The fraction of sp³-hybridized carbons (Fsp3) is 0.308. The second-order valence-electron chi connectivity index (χ2n) is 4.24. The van der Waals surface area contributed by atoms with Crippen molar-refractivity contribution in [1.82, 2.24) is 9.38 Å². The molecular weight excluding hydrogens is 392 g/mol. The van der Waals surface area contributed by atoms with Gasteiger partial charge in [0.25, 0.3) is 0 Å². The van der Waals surface area contributed by atoms with Gasteiger partial charge >= 0.3 is 32.6 Å². The Morgan fingerprint density at radius 3 is 2.42 bits per heavy atom. The zero-order valence-electron chi connectivity index (χ0n) is 12.6. The summed E-state index contributed by atoms with van der Waals surface area (Å²) < 4.78 is 37.0. The third-order valence-electron chi connectivity index (χ3n) is 2.82. The van der Waals surface area contributed by atoms with Crippen molar-refractivity contribution in [2.45, 2.75) is 13.8 Å². The van der Waals surface area contributed by atoms with E-state index in [0.717, 1.165) is 10.5 Å². The standard InChI is InChI=1S/C13H13BrN2O8/c1-3-22-12(18)7-5-6-8(24-14(20)21)16-9(13(19)23-4-2)11(17)15-10(7)16/h5-6,17H,3-4H2,1-2H3. The molecule has 24 heavy (non-hydrogen) atoms. The van der Waals surface area contributed by atoms with Crippen LogP contribution in [0.25, 0.3) is 5.65 Å². The molecule has 0 bridgehead atoms. The highest BCUT2D eigenvalue weighted by molar-refractivity contribution is 5.98. The van der Waals surface area contributed by atoms with Gasteiger partial charge in [0.05, 0.1) is 13.2 Å². The first-order valence-corrected chi connectivity index (χ1v) is 8.67. The Hall–Kier alpha value is -2.37. The molecule has 10 nitrogen and oxygen atoms in total. The van der Waals surface area contributed by atoms with Gasteiger partial charge < -0.3 is 23.0 Å². The quantitative estimate of drug-likeness (QED) is 0.589. The van der Waals surface area contributed by atoms with Gasteiger partial charge in [-0.2, -0.15) is 4.98 Å². The number of carbonyl (C=O) groups is 2. The average molecular weight is 405 g/mol. The van der Waals surface area contributed by atoms with Crippen molar-refractivity contribution in [2.24, 2.45) is 0 Å². The van der Waals surface area contributed by atoms with Gasteiger partial charge in [-0.3, -0.25) is 0 Å². The third kappa shape index (κ3) is 3.42. The van der Waals surface area contributed by atoms with E-state index in [2.05, 4.69) is 8.81 Å². The molecule has 2 heterocycles. The molecule has 0 atom stereocenters. The summed E-state index contributed by atoms with van der Waals surface area (Å²) >= 11 is -3.69. The number of ether oxygens (including phenoxy) is 2. The van der Waals surface area contributed by atoms with Crippen LogP contribution in [0.15, 0.2) is 12.1 Å². The molecule has 0 radical (unpaired) electrons. The van der Waals surface area contributed by atoms with Gasteiger partial charge in [0.1, 0.15) is 5.56 Å². The minimum atomic E-state index is -3.69. The SMILES string of the molecule is CCOC(=O)c1ccc(O[Br+2]([O-])[O-])n2c(C(=O)OCC)c(O)nc12. The molecule has 0 unspecified atom stereocenters. The zero-order chi connectivity index (χ0) is 17.9. The number of pyridine rings is 1. The lowest BCUT2D eigenvalue weighted by Gasteiger charge is -2.07. The maximum atomic E-state index is 12.0. The van der Waals surface area contributed by atoms with Gasteiger partial charge in [0.2, 0.25) is 5.88 Å². The highest BCUT2D eigenvalue weighted by Crippen LogP contribution is 2.28. The van der Waals surface area contributed by atoms with E-state index in [4.69, 9.17) is 9.47 Å². The summed E-state index contributed by atoms with van der Waals surface area (Å²) in [6.45, 7) is 3.26. The maximum absolute atomic E-state index is 12.0. The van der Waals surface area contributed by atoms with Crippen LogP contribution in [-0.4, -0.2) is 39.6 Å². The van der Waals surface area contributed by atoms with E-state index in [9.17, 15) is 23.1 Å². The van der Waals surface area contributed by atoms with Crippen molar-refractivity contribution >= 4 is 17.6 Å². The van der Waals surface area contributed by atoms with Crippen LogP contribution < -0.4 is 12.2 Å². The number of hydrogen-bond acceptors (Lipinski definition) is 9. The molecule has 0 aliphatic carbocycles. The maximum Gasteiger partial charge on any atom is 0.503 e. The van der Waals surface area contributed by atoms with Crippen LogP contribution in [0.4, 0.5) is 0 Å². The van der Waals surface area contributed by atoms with Gasteiger partial charge in [-0.15, -0.1) is 3.83 Å². The molecule has 0 amide bonds. The van der Waals surface area contributed by atoms with Crippen LogP contribution in [0, 0.1) is 14.8 Å². The van der Waals surface area contributed by atoms with Crippen LogP contribution in [0.2, 0.25) is 0 Å². The molecule has 130 valence electrons. The molecule has 1 N–H and O–H groups in total. The number of aromatic hydroxyl groups is 1. The predicted octanol–water partition coefficient (Wildman–Crippen LogP) is -1.14. The highest BCUT2D eigenvalue weighted by Gasteiger charge is 2.30. The van der Waals surface area contributed by atoms with Crippen LogP contribution in [0.5, 0.6) is 11.8 Å². The molecular formula is C13H13BrN2O8. The van der Waals surface area contributed by atoms with Crippen LogP contribution in [0.3, 0.4) is 0 Å². The molecule has 2 rings (SSSR count). The molecule has 0 aliphatic heterocycles. The summed E-state index contributed by atoms with van der Waals surface area (Å²) in [4.78, 5) is 27.7. The minimum absolute atomic E-state index is 0.0115. The Bertz CT molecular complexity index is 773. The average Bonchev–Trinajstić information content (AvgIpc) is 2.84. The normalized spacial score (nSPS) is 10.9. The number of imidazole rings is 1. The fourth-order valence-corrected chi connectivity index (χ4v) is 2.51. The van der Waals surface area contributed by atoms with Gasteiger partial charge in [0, 0.05) is 6.07 Å². The summed E-state index contributed by atoms with van der Waals surface area (Å²) in [7, 11) is 0. The Labute approximate surface area is 141 Å². The van der Waals surface area contributed by atoms with Crippen molar-refractivity contribution in [1.29, 1.82) is 0 Å². The van der Waals surface area contributed by atoms with Gasteiger partial charge in [0.15, 0.2) is 11.3 Å². The monoisotopic (exact) mass is 404 g/mol. The Morgan fingerprint density at radius 1 is 1.21 bits per heavy atom. The lowest BCUT2D eigenvalue weighted by atomic mass is 10.2. The van der Waals surface area contributed by atoms with Gasteiger partial charge in [-0.1, -0.05) is 0 Å². The molecule has 0 aliphatic rings. The minimum Gasteiger partial charge on any atom is -0.492 e. The smallest absolute Gasteiger partial charge is 0.492 e. The number of hydrogen-bond donors (Lipinski definition) is 1. The van der Waals surface area contributed by atoms with Gasteiger partial charge in [-0.25, -0.2) is 14.0 Å². The summed E-state index contributed by atoms with van der Waals surface area (Å²) in [5.41, 5.74) is -0.743. The number of fused-ring (bicyclic) bond motifs is 1. The number of halogens is 1. The van der Waals surface area contributed by atoms with Crippen molar-refractivity contribution in [3.8, 4) is 11.8 Å². The molecule has 0 fully saturated rings. The lowest BCUT2D eigenvalue weighted by Crippen LogP contribution is -2.37. The number of nitrogens with zero attached hydrogens (tertiary/aromatic N) is 2. The second kappa shape index (κ2) is 7.47. The third-order valence-corrected chi connectivity index (χ3v) is 3.42. The zero-order valence-corrected chi connectivity index (χ0v) is 14.2. The van der Waals surface area contributed by atoms with Gasteiger partial charge in [-0.05, 0) is 19.9 Å². The van der Waals surface area contributed by atoms with Crippen molar-refractivity contribution < 1.29 is 51.2 Å². The number of rotatable bonds is 6. The first kappa shape index (κ1) is 18.0. The summed E-state index contributed by atoms with van der Waals surface area (Å²) in [5, 5.41) is 9.94. The van der Waals surface area contributed by atoms with Crippen molar-refractivity contribution in [3.05, 3.63) is 23.4 Å². The van der Waals surface area contributed by atoms with Crippen LogP contribution in [-0.2, 0) is 9.47 Å². The topological polar surface area (TPSA) is 145 Å². The van der Waals surface area contributed by atoms with Crippen LogP contribution >= 0.6 is 0 Å². The molecule has 2 aromatic rings. The Kier molecular flexibility index (Phi) is 5.59. The Morgan fingerprint density at radius 2 is 1.83 bits per heavy atom. The van der Waals surface area contributed by atoms with E-state index in [0.29, 0.717) is 0 Å². The second-order valence-corrected chi connectivity index (χ2v) is 5.35. The Balaban J connectivity index is 2.73. The van der Waals surface area contributed by atoms with E-state index in [-0.39, 0.29) is 30.3 Å². The van der Waals surface area contributed by atoms with Crippen molar-refractivity contribution in [3.63, 3.8) is 0 Å². The number of carbonyl (C=O) groups excluding carboxylic acids is 2. The number of aromatic nitrogens is 2. The van der Waals surface area contributed by atoms with Crippen molar-refractivity contribution in [2.75, 3.05) is 13.2 Å². The van der Waals surface area contributed by atoms with E-state index >= 15 is 0 Å². The van der Waals surface area contributed by atoms with E-state index in [1.54, 1.807) is 13.8 Å². The first-order chi connectivity index (χ1) is 11.4. The molecule has 0 saturated heterocycles. The van der Waals surface area contributed by atoms with E-state index in [1.165, 1.54) is 6.07 Å². The fourth-order valence-electron chi connectivity index (χ4n) is 1.98. The van der Waals surface area contributed by atoms with Crippen LogP contribution in [0.1, 0.15) is 34.7 Å². The molecule has 0 saturated carbocycles. The first-order valence-electron chi connectivity index (χ1n) is 6.73. The summed E-state index contributed by atoms with van der Waals surface area (Å²) in [5.74, 6) is -2.78. The van der Waals surface area contributed by atoms with E-state index in [1.807, 2.05) is 0 Å².